The predicted octanol–water partition coefficient (Wildman–Crippen LogP) is 5.21. The van der Waals surface area contributed by atoms with Gasteiger partial charge in [0.1, 0.15) is 18.2 Å². The van der Waals surface area contributed by atoms with Crippen molar-refractivity contribution in [1.82, 2.24) is 5.32 Å². The van der Waals surface area contributed by atoms with Crippen LogP contribution in [0.1, 0.15) is 25.7 Å². The van der Waals surface area contributed by atoms with Gasteiger partial charge in [-0.15, -0.1) is 0 Å². The van der Waals surface area contributed by atoms with Crippen molar-refractivity contribution in [2.75, 3.05) is 11.9 Å². The first kappa shape index (κ1) is 20.0. The standard InChI is InChI=1S/C21H19Cl2FN2O3/c22-13-1-3-14(4-2-13)25-19(28)26-21-10-20(11-21,12-21)8-15(27)9-29-16-5-6-17(23)18(24)7-16/h1-7H,8-12H2,(H2,25,26,28). The molecule has 3 aliphatic carbocycles. The van der Waals surface area contributed by atoms with Crippen LogP contribution in [0.4, 0.5) is 14.9 Å². The third-order valence-corrected chi connectivity index (χ3v) is 6.04. The van der Waals surface area contributed by atoms with Gasteiger partial charge in [0.25, 0.3) is 0 Å². The Balaban J connectivity index is 1.20. The monoisotopic (exact) mass is 436 g/mol. The van der Waals surface area contributed by atoms with Crippen molar-refractivity contribution < 1.29 is 18.7 Å². The van der Waals surface area contributed by atoms with Gasteiger partial charge in [-0.1, -0.05) is 23.2 Å². The first-order valence-corrected chi connectivity index (χ1v) is 9.97. The highest BCUT2D eigenvalue weighted by Gasteiger charge is 2.68. The van der Waals surface area contributed by atoms with Crippen LogP contribution in [0.25, 0.3) is 0 Å². The smallest absolute Gasteiger partial charge is 0.319 e. The molecule has 29 heavy (non-hydrogen) atoms. The van der Waals surface area contributed by atoms with E-state index in [1.807, 2.05) is 0 Å². The van der Waals surface area contributed by atoms with E-state index in [1.54, 1.807) is 24.3 Å². The topological polar surface area (TPSA) is 67.4 Å². The summed E-state index contributed by atoms with van der Waals surface area (Å²) in [5.41, 5.74) is 0.384. The Kier molecular flexibility index (Phi) is 5.17. The maximum atomic E-state index is 13.4. The summed E-state index contributed by atoms with van der Waals surface area (Å²) in [6.45, 7) is -0.111. The molecule has 0 atom stereocenters. The summed E-state index contributed by atoms with van der Waals surface area (Å²) in [6.07, 6.45) is 2.71. The number of carbonyl (C=O) groups is 2. The fourth-order valence-corrected chi connectivity index (χ4v) is 4.70. The van der Waals surface area contributed by atoms with Crippen molar-refractivity contribution in [3.05, 3.63) is 58.3 Å². The summed E-state index contributed by atoms with van der Waals surface area (Å²) in [7, 11) is 0. The molecule has 0 aromatic heterocycles. The fourth-order valence-electron chi connectivity index (χ4n) is 4.45. The molecule has 3 saturated carbocycles. The molecule has 5 rings (SSSR count). The number of nitrogens with one attached hydrogen (secondary N) is 2. The number of ketones is 1. The molecule has 3 aliphatic rings. The predicted molar refractivity (Wildman–Crippen MR) is 109 cm³/mol. The van der Waals surface area contributed by atoms with Gasteiger partial charge in [-0.25, -0.2) is 9.18 Å². The lowest BCUT2D eigenvalue weighted by Gasteiger charge is -2.70. The molecule has 0 heterocycles. The molecule has 3 fully saturated rings. The minimum atomic E-state index is -0.582. The average molecular weight is 437 g/mol. The van der Waals surface area contributed by atoms with Crippen LogP contribution in [0, 0.1) is 11.2 Å². The van der Waals surface area contributed by atoms with Crippen LogP contribution < -0.4 is 15.4 Å². The first-order valence-electron chi connectivity index (χ1n) is 9.21. The lowest BCUT2D eigenvalue weighted by Crippen LogP contribution is -2.75. The van der Waals surface area contributed by atoms with Crippen LogP contribution in [0.5, 0.6) is 5.75 Å². The Morgan fingerprint density at radius 2 is 1.76 bits per heavy atom. The molecule has 0 unspecified atom stereocenters. The van der Waals surface area contributed by atoms with Crippen LogP contribution in [0.2, 0.25) is 10.0 Å². The van der Waals surface area contributed by atoms with Crippen molar-refractivity contribution in [3.8, 4) is 5.75 Å². The molecule has 0 radical (unpaired) electrons. The summed E-state index contributed by atoms with van der Waals surface area (Å²) in [5, 5.41) is 6.41. The van der Waals surface area contributed by atoms with Crippen molar-refractivity contribution >= 4 is 40.7 Å². The quantitative estimate of drug-likeness (QED) is 0.625. The summed E-state index contributed by atoms with van der Waals surface area (Å²) >= 11 is 11.5. The minimum Gasteiger partial charge on any atom is -0.486 e. The fraction of sp³-hybridized carbons (Fsp3) is 0.333. The van der Waals surface area contributed by atoms with Gasteiger partial charge in [0.2, 0.25) is 0 Å². The Morgan fingerprint density at radius 1 is 1.07 bits per heavy atom. The molecule has 8 heteroatoms. The summed E-state index contributed by atoms with van der Waals surface area (Å²) in [5.74, 6) is -0.352. The number of carbonyl (C=O) groups excluding carboxylic acids is 2. The number of hydrogen-bond acceptors (Lipinski definition) is 3. The first-order chi connectivity index (χ1) is 13.8. The van der Waals surface area contributed by atoms with Crippen molar-refractivity contribution in [2.24, 2.45) is 5.41 Å². The van der Waals surface area contributed by atoms with E-state index < -0.39 is 5.82 Å². The second kappa shape index (κ2) is 7.50. The molecule has 2 bridgehead atoms. The third kappa shape index (κ3) is 4.33. The molecule has 2 aromatic carbocycles. The SMILES string of the molecule is O=C(COc1ccc(Cl)c(F)c1)CC12CC(NC(=O)Nc3ccc(Cl)cc3)(C1)C2. The lowest BCUT2D eigenvalue weighted by atomic mass is 9.38. The van der Waals surface area contributed by atoms with Crippen LogP contribution in [0.15, 0.2) is 42.5 Å². The molecule has 5 nitrogen and oxygen atoms in total. The highest BCUT2D eigenvalue weighted by atomic mass is 35.5. The zero-order chi connectivity index (χ0) is 20.6. The maximum Gasteiger partial charge on any atom is 0.319 e. The molecular formula is C21H19Cl2FN2O3. The number of rotatable bonds is 7. The number of urea groups is 1. The molecule has 2 N–H and O–H groups in total. The highest BCUT2D eigenvalue weighted by molar-refractivity contribution is 6.31. The van der Waals surface area contributed by atoms with E-state index in [2.05, 4.69) is 10.6 Å². The number of amides is 2. The average Bonchev–Trinajstić information content (AvgIpc) is 2.62. The van der Waals surface area contributed by atoms with Crippen LogP contribution in [0.3, 0.4) is 0 Å². The molecule has 2 aromatic rings. The summed E-state index contributed by atoms with van der Waals surface area (Å²) in [6, 6.07) is 10.7. The van der Waals surface area contributed by atoms with Crippen molar-refractivity contribution in [2.45, 2.75) is 31.2 Å². The zero-order valence-electron chi connectivity index (χ0n) is 15.4. The third-order valence-electron chi connectivity index (χ3n) is 5.48. The van der Waals surface area contributed by atoms with E-state index in [0.29, 0.717) is 17.1 Å². The minimum absolute atomic E-state index is 0.00967. The van der Waals surface area contributed by atoms with E-state index in [0.717, 1.165) is 25.3 Å². The largest absolute Gasteiger partial charge is 0.486 e. The van der Waals surface area contributed by atoms with Gasteiger partial charge in [-0.2, -0.15) is 0 Å². The highest BCUT2D eigenvalue weighted by Crippen LogP contribution is 2.69. The summed E-state index contributed by atoms with van der Waals surface area (Å²) in [4.78, 5) is 24.4. The van der Waals surface area contributed by atoms with Crippen LogP contribution in [-0.4, -0.2) is 24.0 Å². The number of hydrogen-bond donors (Lipinski definition) is 2. The normalized spacial score (nSPS) is 24.1. The summed E-state index contributed by atoms with van der Waals surface area (Å²) < 4.78 is 18.8. The van der Waals surface area contributed by atoms with E-state index >= 15 is 0 Å². The van der Waals surface area contributed by atoms with Crippen LogP contribution >= 0.6 is 23.2 Å². The van der Waals surface area contributed by atoms with Gasteiger partial charge in [-0.3, -0.25) is 4.79 Å². The zero-order valence-corrected chi connectivity index (χ0v) is 16.9. The maximum absolute atomic E-state index is 13.4. The van der Waals surface area contributed by atoms with Crippen molar-refractivity contribution in [1.29, 1.82) is 0 Å². The number of halogens is 3. The second-order valence-corrected chi connectivity index (χ2v) is 8.82. The van der Waals surface area contributed by atoms with Crippen LogP contribution in [-0.2, 0) is 4.79 Å². The number of benzene rings is 2. The Bertz CT molecular complexity index is 945. The van der Waals surface area contributed by atoms with Gasteiger partial charge in [-0.05, 0) is 61.1 Å². The molecule has 0 spiro atoms. The Morgan fingerprint density at radius 3 is 2.41 bits per heavy atom. The molecule has 152 valence electrons. The molecule has 2 amide bonds. The second-order valence-electron chi connectivity index (χ2n) is 7.98. The van der Waals surface area contributed by atoms with E-state index in [1.165, 1.54) is 12.1 Å². The molecule has 0 saturated heterocycles. The van der Waals surface area contributed by atoms with Gasteiger partial charge >= 0.3 is 6.03 Å². The number of Topliss-reactive ketones (excluding diaryl/α,β-unsaturated/α-hetero) is 1. The molecular weight excluding hydrogens is 418 g/mol. The Labute approximate surface area is 177 Å². The van der Waals surface area contributed by atoms with E-state index in [9.17, 15) is 14.0 Å². The van der Waals surface area contributed by atoms with E-state index in [4.69, 9.17) is 27.9 Å². The number of anilines is 1. The van der Waals surface area contributed by atoms with Crippen molar-refractivity contribution in [3.63, 3.8) is 0 Å². The van der Waals surface area contributed by atoms with Gasteiger partial charge < -0.3 is 15.4 Å². The lowest BCUT2D eigenvalue weighted by molar-refractivity contribution is -0.162. The van der Waals surface area contributed by atoms with Gasteiger partial charge in [0, 0.05) is 28.7 Å². The van der Waals surface area contributed by atoms with Gasteiger partial charge in [0.15, 0.2) is 5.78 Å². The van der Waals surface area contributed by atoms with Gasteiger partial charge in [0.05, 0.1) is 5.02 Å². The Hall–Kier alpha value is -2.31. The molecule has 0 aliphatic heterocycles. The number of ether oxygens (including phenoxy) is 1. The van der Waals surface area contributed by atoms with E-state index in [-0.39, 0.29) is 40.1 Å².